The minimum atomic E-state index is 0.0769. The number of aryl methyl sites for hydroxylation is 1. The quantitative estimate of drug-likeness (QED) is 0.898. The highest BCUT2D eigenvalue weighted by Crippen LogP contribution is 2.33. The fourth-order valence-corrected chi connectivity index (χ4v) is 3.99. The first-order chi connectivity index (χ1) is 10.6. The number of unbranched alkanes of at least 4 members (excludes halogenated alkanes) is 1. The van der Waals surface area contributed by atoms with Gasteiger partial charge in [-0.05, 0) is 58.1 Å². The van der Waals surface area contributed by atoms with Gasteiger partial charge in [0.2, 0.25) is 0 Å². The fourth-order valence-electron chi connectivity index (χ4n) is 3.99. The summed E-state index contributed by atoms with van der Waals surface area (Å²) in [5, 5.41) is 10.9. The van der Waals surface area contributed by atoms with Crippen molar-refractivity contribution in [1.82, 2.24) is 20.4 Å². The first-order valence-electron chi connectivity index (χ1n) is 8.74. The summed E-state index contributed by atoms with van der Waals surface area (Å²) in [7, 11) is 0. The van der Waals surface area contributed by atoms with E-state index < -0.39 is 0 Å². The second-order valence-corrected chi connectivity index (χ2v) is 6.99. The first kappa shape index (κ1) is 15.5. The summed E-state index contributed by atoms with van der Waals surface area (Å²) in [6.07, 6.45) is 7.72. The highest BCUT2D eigenvalue weighted by Gasteiger charge is 2.44. The molecule has 0 unspecified atom stereocenters. The Labute approximate surface area is 132 Å². The highest BCUT2D eigenvalue weighted by molar-refractivity contribution is 5.92. The summed E-state index contributed by atoms with van der Waals surface area (Å²) < 4.78 is 0. The van der Waals surface area contributed by atoms with Crippen LogP contribution in [0, 0.1) is 0 Å². The van der Waals surface area contributed by atoms with Crippen LogP contribution in [0.3, 0.4) is 0 Å². The number of hydrogen-bond donors (Lipinski definition) is 2. The molecule has 1 aromatic heterocycles. The van der Waals surface area contributed by atoms with Crippen LogP contribution in [-0.4, -0.2) is 45.7 Å². The molecular weight excluding hydrogens is 276 g/mol. The van der Waals surface area contributed by atoms with Crippen LogP contribution in [0.1, 0.15) is 68.6 Å². The zero-order valence-corrected chi connectivity index (χ0v) is 13.8. The zero-order chi connectivity index (χ0) is 15.6. The molecule has 2 fully saturated rings. The van der Waals surface area contributed by atoms with Crippen LogP contribution < -0.4 is 5.32 Å². The molecule has 5 nitrogen and oxygen atoms in total. The predicted molar refractivity (Wildman–Crippen MR) is 86.9 cm³/mol. The fraction of sp³-hybridized carbons (Fsp3) is 0.765. The number of nitrogens with zero attached hydrogens (tertiary/aromatic N) is 2. The maximum atomic E-state index is 12.9. The maximum Gasteiger partial charge on any atom is 0.274 e. The van der Waals surface area contributed by atoms with Crippen LogP contribution in [0.5, 0.6) is 0 Å². The summed E-state index contributed by atoms with van der Waals surface area (Å²) in [6, 6.07) is 2.25. The number of carbonyl (C=O) groups excluding carboxylic acids is 1. The molecule has 2 aliphatic rings. The topological polar surface area (TPSA) is 61.0 Å². The van der Waals surface area contributed by atoms with Crippen molar-refractivity contribution in [1.29, 1.82) is 0 Å². The third kappa shape index (κ3) is 2.91. The standard InChI is InChI=1S/C17H28N4O/c1-3-4-7-13-12-14(20-19-13)16(22)21-11-6-9-17(2)15(21)8-5-10-18-17/h12,15,18H,3-11H2,1-2H3,(H,19,20)/t15-,17+/m1/s1. The lowest BCUT2D eigenvalue weighted by Gasteiger charge is -2.51. The van der Waals surface area contributed by atoms with Gasteiger partial charge >= 0.3 is 0 Å². The third-order valence-corrected chi connectivity index (χ3v) is 5.30. The summed E-state index contributed by atoms with van der Waals surface area (Å²) in [6.45, 7) is 6.37. The zero-order valence-electron chi connectivity index (χ0n) is 13.8. The van der Waals surface area contributed by atoms with E-state index in [1.165, 1.54) is 0 Å². The van der Waals surface area contributed by atoms with Gasteiger partial charge in [-0.1, -0.05) is 13.3 Å². The van der Waals surface area contributed by atoms with Gasteiger partial charge in [0.05, 0.1) is 0 Å². The number of fused-ring (bicyclic) bond motifs is 1. The Morgan fingerprint density at radius 3 is 3.18 bits per heavy atom. The largest absolute Gasteiger partial charge is 0.332 e. The van der Waals surface area contributed by atoms with E-state index >= 15 is 0 Å². The molecule has 2 saturated heterocycles. The molecule has 5 heteroatoms. The molecule has 0 spiro atoms. The number of likely N-dealkylation sites (tertiary alicyclic amines) is 1. The number of carbonyl (C=O) groups is 1. The Morgan fingerprint density at radius 2 is 2.36 bits per heavy atom. The lowest BCUT2D eigenvalue weighted by Crippen LogP contribution is -2.65. The Hall–Kier alpha value is -1.36. The molecule has 1 amide bonds. The van der Waals surface area contributed by atoms with Crippen LogP contribution in [0.2, 0.25) is 0 Å². The molecule has 0 aromatic carbocycles. The van der Waals surface area contributed by atoms with Crippen molar-refractivity contribution in [3.8, 4) is 0 Å². The van der Waals surface area contributed by atoms with Gasteiger partial charge in [0, 0.05) is 23.8 Å². The molecule has 22 heavy (non-hydrogen) atoms. The van der Waals surface area contributed by atoms with Gasteiger partial charge in [0.15, 0.2) is 0 Å². The van der Waals surface area contributed by atoms with Crippen LogP contribution in [-0.2, 0) is 6.42 Å². The first-order valence-corrected chi connectivity index (χ1v) is 8.74. The number of H-pyrrole nitrogens is 1. The van der Waals surface area contributed by atoms with E-state index in [4.69, 9.17) is 0 Å². The summed E-state index contributed by atoms with van der Waals surface area (Å²) in [4.78, 5) is 15.0. The molecule has 0 radical (unpaired) electrons. The summed E-state index contributed by atoms with van der Waals surface area (Å²) >= 11 is 0. The van der Waals surface area contributed by atoms with E-state index in [-0.39, 0.29) is 11.4 Å². The van der Waals surface area contributed by atoms with Gasteiger partial charge in [0.1, 0.15) is 5.69 Å². The van der Waals surface area contributed by atoms with Crippen LogP contribution in [0.15, 0.2) is 6.07 Å². The molecule has 0 bridgehead atoms. The van der Waals surface area contributed by atoms with Crippen molar-refractivity contribution in [2.75, 3.05) is 13.1 Å². The average Bonchev–Trinajstić information content (AvgIpc) is 2.99. The minimum Gasteiger partial charge on any atom is -0.332 e. The van der Waals surface area contributed by atoms with Crippen molar-refractivity contribution in [2.45, 2.75) is 70.4 Å². The second-order valence-electron chi connectivity index (χ2n) is 6.99. The maximum absolute atomic E-state index is 12.9. The normalized spacial score (nSPS) is 28.5. The van der Waals surface area contributed by atoms with E-state index in [2.05, 4.69) is 34.3 Å². The number of amides is 1. The molecule has 0 aliphatic carbocycles. The molecule has 0 saturated carbocycles. The Morgan fingerprint density at radius 1 is 1.50 bits per heavy atom. The van der Waals surface area contributed by atoms with E-state index in [1.54, 1.807) is 0 Å². The van der Waals surface area contributed by atoms with Gasteiger partial charge < -0.3 is 10.2 Å². The van der Waals surface area contributed by atoms with Crippen molar-refractivity contribution >= 4 is 5.91 Å². The lowest BCUT2D eigenvalue weighted by molar-refractivity contribution is 0.0249. The molecule has 2 N–H and O–H groups in total. The lowest BCUT2D eigenvalue weighted by atomic mass is 9.77. The van der Waals surface area contributed by atoms with Gasteiger partial charge in [0.25, 0.3) is 5.91 Å². The van der Waals surface area contributed by atoms with Gasteiger partial charge in [-0.15, -0.1) is 0 Å². The SMILES string of the molecule is CCCCc1cc(C(=O)N2CCC[C@]3(C)NCCC[C@@H]23)n[nH]1. The number of rotatable bonds is 4. The van der Waals surface area contributed by atoms with E-state index in [0.717, 1.165) is 63.7 Å². The highest BCUT2D eigenvalue weighted by atomic mass is 16.2. The number of aromatic amines is 1. The number of aromatic nitrogens is 2. The monoisotopic (exact) mass is 304 g/mol. The van der Waals surface area contributed by atoms with Gasteiger partial charge in [-0.2, -0.15) is 5.10 Å². The van der Waals surface area contributed by atoms with Gasteiger partial charge in [-0.3, -0.25) is 9.89 Å². The third-order valence-electron chi connectivity index (χ3n) is 5.30. The van der Waals surface area contributed by atoms with E-state index in [0.29, 0.717) is 11.7 Å². The van der Waals surface area contributed by atoms with Crippen molar-refractivity contribution < 1.29 is 4.79 Å². The Bertz CT molecular complexity index is 522. The Kier molecular flexibility index (Phi) is 4.52. The van der Waals surface area contributed by atoms with E-state index in [9.17, 15) is 4.79 Å². The number of hydrogen-bond acceptors (Lipinski definition) is 3. The van der Waals surface area contributed by atoms with Crippen LogP contribution in [0.4, 0.5) is 0 Å². The smallest absolute Gasteiger partial charge is 0.274 e. The van der Waals surface area contributed by atoms with Gasteiger partial charge in [-0.25, -0.2) is 0 Å². The van der Waals surface area contributed by atoms with Crippen LogP contribution in [0.25, 0.3) is 0 Å². The molecule has 2 aliphatic heterocycles. The van der Waals surface area contributed by atoms with Crippen LogP contribution >= 0.6 is 0 Å². The van der Waals surface area contributed by atoms with Crippen molar-refractivity contribution in [2.24, 2.45) is 0 Å². The van der Waals surface area contributed by atoms with Crippen molar-refractivity contribution in [3.63, 3.8) is 0 Å². The number of nitrogens with one attached hydrogen (secondary N) is 2. The molecule has 2 atom stereocenters. The van der Waals surface area contributed by atoms with E-state index in [1.807, 2.05) is 6.07 Å². The molecule has 122 valence electrons. The molecule has 3 rings (SSSR count). The Balaban J connectivity index is 1.74. The summed E-state index contributed by atoms with van der Waals surface area (Å²) in [5.41, 5.74) is 1.74. The second kappa shape index (κ2) is 6.41. The van der Waals surface area contributed by atoms with Crippen molar-refractivity contribution in [3.05, 3.63) is 17.5 Å². The molecule has 1 aromatic rings. The average molecular weight is 304 g/mol. The summed E-state index contributed by atoms with van der Waals surface area (Å²) in [5.74, 6) is 0.0959. The molecular formula is C17H28N4O. The predicted octanol–water partition coefficient (Wildman–Crippen LogP) is 2.50. The molecule has 3 heterocycles. The minimum absolute atomic E-state index is 0.0769. The number of piperidine rings is 2.